The largest absolute Gasteiger partial charge is 0.396 e. The maximum atomic E-state index is 10.3. The van der Waals surface area contributed by atoms with E-state index in [-0.39, 0.29) is 12.5 Å². The van der Waals surface area contributed by atoms with Crippen LogP contribution in [0.15, 0.2) is 0 Å². The fraction of sp³-hybridized carbons (Fsp3) is 1.00. The highest BCUT2D eigenvalue weighted by Gasteiger charge is 2.52. The molecule has 2 nitrogen and oxygen atoms in total. The van der Waals surface area contributed by atoms with Gasteiger partial charge in [-0.05, 0) is 25.2 Å². The predicted molar refractivity (Wildman–Crippen MR) is 51.3 cm³/mol. The molecule has 76 valence electrons. The molecule has 2 heteroatoms. The van der Waals surface area contributed by atoms with Crippen LogP contribution in [0.3, 0.4) is 0 Å². The zero-order valence-corrected chi connectivity index (χ0v) is 8.21. The van der Waals surface area contributed by atoms with Gasteiger partial charge >= 0.3 is 0 Å². The van der Waals surface area contributed by atoms with E-state index < -0.39 is 5.60 Å². The van der Waals surface area contributed by atoms with Gasteiger partial charge in [-0.15, -0.1) is 0 Å². The number of hydrogen-bond acceptors (Lipinski definition) is 2. The lowest BCUT2D eigenvalue weighted by Gasteiger charge is -2.53. The van der Waals surface area contributed by atoms with Crippen molar-refractivity contribution in [3.05, 3.63) is 0 Å². The van der Waals surface area contributed by atoms with Crippen LogP contribution in [0.25, 0.3) is 0 Å². The monoisotopic (exact) mass is 184 g/mol. The third-order valence-electron chi connectivity index (χ3n) is 4.08. The first-order valence-electron chi connectivity index (χ1n) is 5.60. The molecule has 0 aromatic heterocycles. The molecule has 0 aliphatic heterocycles. The summed E-state index contributed by atoms with van der Waals surface area (Å²) in [7, 11) is 0. The van der Waals surface area contributed by atoms with E-state index in [4.69, 9.17) is 5.11 Å². The summed E-state index contributed by atoms with van der Waals surface area (Å²) < 4.78 is 0. The Bertz CT molecular complexity index is 179. The lowest BCUT2D eigenvalue weighted by molar-refractivity contribution is -0.175. The van der Waals surface area contributed by atoms with Gasteiger partial charge in [0.25, 0.3) is 0 Å². The van der Waals surface area contributed by atoms with Gasteiger partial charge < -0.3 is 10.2 Å². The van der Waals surface area contributed by atoms with E-state index in [1.807, 2.05) is 0 Å². The molecule has 2 fully saturated rings. The summed E-state index contributed by atoms with van der Waals surface area (Å²) in [6, 6.07) is 0. The maximum absolute atomic E-state index is 10.3. The Morgan fingerprint density at radius 1 is 1.15 bits per heavy atom. The summed E-state index contributed by atoms with van der Waals surface area (Å²) in [5.74, 6) is 0.667. The molecule has 2 rings (SSSR count). The summed E-state index contributed by atoms with van der Waals surface area (Å²) >= 11 is 0. The Balaban J connectivity index is 2.00. The molecule has 0 saturated heterocycles. The molecule has 2 N–H and O–H groups in total. The number of fused-ring (bicyclic) bond motifs is 1. The highest BCUT2D eigenvalue weighted by molar-refractivity contribution is 5.03. The molecule has 0 aromatic carbocycles. The summed E-state index contributed by atoms with van der Waals surface area (Å²) in [6.07, 6.45) is 8.14. The minimum atomic E-state index is -0.491. The summed E-state index contributed by atoms with van der Waals surface area (Å²) in [5.41, 5.74) is -0.491. The van der Waals surface area contributed by atoms with Crippen LogP contribution in [0.5, 0.6) is 0 Å². The molecular formula is C11H20O2. The maximum Gasteiger partial charge on any atom is 0.0725 e. The van der Waals surface area contributed by atoms with Crippen LogP contribution in [0.1, 0.15) is 44.9 Å². The van der Waals surface area contributed by atoms with Crippen LogP contribution in [0, 0.1) is 11.8 Å². The van der Waals surface area contributed by atoms with Gasteiger partial charge in [-0.1, -0.05) is 25.7 Å². The zero-order valence-electron chi connectivity index (χ0n) is 8.21. The molecule has 0 aromatic rings. The number of hydrogen-bond donors (Lipinski definition) is 2. The summed E-state index contributed by atoms with van der Waals surface area (Å²) in [6.45, 7) is 0.174. The van der Waals surface area contributed by atoms with Crippen molar-refractivity contribution in [2.45, 2.75) is 50.5 Å². The van der Waals surface area contributed by atoms with Crippen molar-refractivity contribution in [3.63, 3.8) is 0 Å². The fourth-order valence-corrected chi connectivity index (χ4v) is 3.09. The van der Waals surface area contributed by atoms with Gasteiger partial charge in [-0.2, -0.15) is 0 Å². The Labute approximate surface area is 80.0 Å². The van der Waals surface area contributed by atoms with E-state index in [9.17, 15) is 5.11 Å². The standard InChI is InChI=1S/C11H20O2/c12-8-10-7-9-5-3-1-2-4-6-11(9,10)13/h9-10,12-13H,1-8H2. The minimum Gasteiger partial charge on any atom is -0.396 e. The molecule has 3 unspecified atom stereocenters. The molecule has 13 heavy (non-hydrogen) atoms. The number of aliphatic hydroxyl groups is 2. The van der Waals surface area contributed by atoms with Crippen molar-refractivity contribution in [2.24, 2.45) is 11.8 Å². The van der Waals surface area contributed by atoms with Gasteiger partial charge in [0.15, 0.2) is 0 Å². The second kappa shape index (κ2) is 3.58. The third kappa shape index (κ3) is 1.50. The number of rotatable bonds is 1. The Hall–Kier alpha value is -0.0800. The van der Waals surface area contributed by atoms with Crippen molar-refractivity contribution < 1.29 is 10.2 Å². The van der Waals surface area contributed by atoms with E-state index in [0.29, 0.717) is 5.92 Å². The molecule has 2 saturated carbocycles. The van der Waals surface area contributed by atoms with Crippen molar-refractivity contribution in [1.29, 1.82) is 0 Å². The normalized spacial score (nSPS) is 45.7. The molecule has 3 atom stereocenters. The molecule has 0 bridgehead atoms. The highest BCUT2D eigenvalue weighted by Crippen LogP contribution is 2.50. The van der Waals surface area contributed by atoms with Gasteiger partial charge in [-0.3, -0.25) is 0 Å². The second-order valence-corrected chi connectivity index (χ2v) is 4.76. The van der Waals surface area contributed by atoms with Crippen LogP contribution < -0.4 is 0 Å². The first-order chi connectivity index (χ1) is 6.27. The van der Waals surface area contributed by atoms with Crippen LogP contribution in [0.4, 0.5) is 0 Å². The minimum absolute atomic E-state index is 0.174. The van der Waals surface area contributed by atoms with Gasteiger partial charge in [0.2, 0.25) is 0 Å². The topological polar surface area (TPSA) is 40.5 Å². The molecule has 2 aliphatic rings. The van der Waals surface area contributed by atoms with Crippen LogP contribution in [0.2, 0.25) is 0 Å². The van der Waals surface area contributed by atoms with Crippen molar-refractivity contribution in [2.75, 3.05) is 6.61 Å². The van der Waals surface area contributed by atoms with E-state index in [1.165, 1.54) is 25.7 Å². The lowest BCUT2D eigenvalue weighted by atomic mass is 9.57. The van der Waals surface area contributed by atoms with Gasteiger partial charge in [0, 0.05) is 12.5 Å². The first kappa shape index (κ1) is 9.47. The van der Waals surface area contributed by atoms with Gasteiger partial charge in [-0.25, -0.2) is 0 Å². The molecule has 0 heterocycles. The van der Waals surface area contributed by atoms with E-state index >= 15 is 0 Å². The predicted octanol–water partition coefficient (Wildman–Crippen LogP) is 1.70. The smallest absolute Gasteiger partial charge is 0.0725 e. The van der Waals surface area contributed by atoms with Gasteiger partial charge in [0.1, 0.15) is 0 Å². The molecular weight excluding hydrogens is 164 g/mol. The fourth-order valence-electron chi connectivity index (χ4n) is 3.09. The summed E-state index contributed by atoms with van der Waals surface area (Å²) in [5, 5.41) is 19.4. The van der Waals surface area contributed by atoms with E-state index in [2.05, 4.69) is 0 Å². The van der Waals surface area contributed by atoms with Crippen LogP contribution >= 0.6 is 0 Å². The molecule has 0 amide bonds. The van der Waals surface area contributed by atoms with E-state index in [1.54, 1.807) is 0 Å². The Morgan fingerprint density at radius 3 is 2.69 bits per heavy atom. The third-order valence-corrected chi connectivity index (χ3v) is 4.08. The lowest BCUT2D eigenvalue weighted by Crippen LogP contribution is -2.57. The first-order valence-corrected chi connectivity index (χ1v) is 5.60. The van der Waals surface area contributed by atoms with Crippen LogP contribution in [-0.4, -0.2) is 22.4 Å². The van der Waals surface area contributed by atoms with Crippen LogP contribution in [-0.2, 0) is 0 Å². The average Bonchev–Trinajstić information content (AvgIpc) is 2.12. The quantitative estimate of drug-likeness (QED) is 0.651. The Kier molecular flexibility index (Phi) is 2.61. The molecule has 0 radical (unpaired) electrons. The Morgan fingerprint density at radius 2 is 1.92 bits per heavy atom. The molecule has 2 aliphatic carbocycles. The SMILES string of the molecule is OCC1CC2CCCCCCC12O. The van der Waals surface area contributed by atoms with Crippen molar-refractivity contribution in [1.82, 2.24) is 0 Å². The highest BCUT2D eigenvalue weighted by atomic mass is 16.3. The van der Waals surface area contributed by atoms with Gasteiger partial charge in [0.05, 0.1) is 5.60 Å². The number of aliphatic hydroxyl groups excluding tert-OH is 1. The zero-order chi connectivity index (χ0) is 9.31. The van der Waals surface area contributed by atoms with Crippen molar-refractivity contribution in [3.8, 4) is 0 Å². The molecule has 0 spiro atoms. The summed E-state index contributed by atoms with van der Waals surface area (Å²) in [4.78, 5) is 0. The second-order valence-electron chi connectivity index (χ2n) is 4.76. The van der Waals surface area contributed by atoms with E-state index in [0.717, 1.165) is 19.3 Å². The average molecular weight is 184 g/mol. The van der Waals surface area contributed by atoms with Crippen molar-refractivity contribution >= 4 is 0 Å².